The van der Waals surface area contributed by atoms with Crippen molar-refractivity contribution in [1.29, 1.82) is 0 Å². The Bertz CT molecular complexity index is 445. The molecule has 0 unspecified atom stereocenters. The summed E-state index contributed by atoms with van der Waals surface area (Å²) in [6, 6.07) is 8.18. The zero-order valence-electron chi connectivity index (χ0n) is 7.71. The number of nitrogens with zero attached hydrogens (tertiary/aromatic N) is 1. The zero-order valence-corrected chi connectivity index (χ0v) is 9.30. The Kier molecular flexibility index (Phi) is 2.29. The van der Waals surface area contributed by atoms with Gasteiger partial charge in [0.15, 0.2) is 5.82 Å². The molecule has 4 heteroatoms. The molecular weight excluding hydrogens is 242 g/mol. The molecule has 0 fully saturated rings. The van der Waals surface area contributed by atoms with E-state index >= 15 is 0 Å². The summed E-state index contributed by atoms with van der Waals surface area (Å²) < 4.78 is 0.821. The summed E-state index contributed by atoms with van der Waals surface area (Å²) >= 11 is 3.39. The Balaban J connectivity index is 2.49. The van der Waals surface area contributed by atoms with Crippen LogP contribution in [0.5, 0.6) is 0 Å². The lowest BCUT2D eigenvalue weighted by molar-refractivity contribution is 1.10. The molecule has 0 amide bonds. The number of anilines is 1. The first-order valence-corrected chi connectivity index (χ1v) is 5.04. The largest absolute Gasteiger partial charge is 0.381 e. The minimum Gasteiger partial charge on any atom is -0.381 e. The lowest BCUT2D eigenvalue weighted by Gasteiger charge is -1.98. The Labute approximate surface area is 90.5 Å². The average molecular weight is 252 g/mol. The number of nitrogens with two attached hydrogens (primary N) is 1. The predicted octanol–water partition coefficient (Wildman–Crippen LogP) is 2.73. The maximum absolute atomic E-state index is 5.62. The molecule has 14 heavy (non-hydrogen) atoms. The number of H-pyrrole nitrogens is 1. The van der Waals surface area contributed by atoms with Gasteiger partial charge in [0.05, 0.1) is 10.2 Å². The smallest absolute Gasteiger partial charge is 0.160 e. The molecule has 0 spiro atoms. The van der Waals surface area contributed by atoms with Crippen LogP contribution in [0.2, 0.25) is 0 Å². The van der Waals surface area contributed by atoms with E-state index in [2.05, 4.69) is 45.2 Å². The highest BCUT2D eigenvalue weighted by Crippen LogP contribution is 2.29. The number of rotatable bonds is 1. The third-order valence-electron chi connectivity index (χ3n) is 2.07. The highest BCUT2D eigenvalue weighted by molar-refractivity contribution is 9.10. The Hall–Kier alpha value is -1.29. The number of aromatic nitrogens is 2. The molecule has 0 saturated carbocycles. The molecule has 2 aromatic rings. The van der Waals surface area contributed by atoms with Gasteiger partial charge >= 0.3 is 0 Å². The van der Waals surface area contributed by atoms with Crippen LogP contribution in [0.15, 0.2) is 28.7 Å². The topological polar surface area (TPSA) is 54.7 Å². The van der Waals surface area contributed by atoms with Gasteiger partial charge in [-0.25, -0.2) is 0 Å². The molecule has 0 aliphatic heterocycles. The molecule has 0 aliphatic rings. The van der Waals surface area contributed by atoms with E-state index in [4.69, 9.17) is 5.73 Å². The predicted molar refractivity (Wildman–Crippen MR) is 60.9 cm³/mol. The van der Waals surface area contributed by atoms with Crippen LogP contribution in [0, 0.1) is 6.92 Å². The van der Waals surface area contributed by atoms with E-state index < -0.39 is 0 Å². The molecule has 0 atom stereocenters. The number of nitrogen functional groups attached to an aromatic ring is 1. The number of benzene rings is 1. The van der Waals surface area contributed by atoms with Crippen molar-refractivity contribution in [1.82, 2.24) is 10.2 Å². The number of hydrogen-bond donors (Lipinski definition) is 2. The summed E-state index contributed by atoms with van der Waals surface area (Å²) in [5.74, 6) is 0.487. The quantitative estimate of drug-likeness (QED) is 0.819. The highest BCUT2D eigenvalue weighted by Gasteiger charge is 2.08. The summed E-state index contributed by atoms with van der Waals surface area (Å²) in [6.45, 7) is 2.06. The second-order valence-corrected chi connectivity index (χ2v) is 3.96. The number of halogens is 1. The van der Waals surface area contributed by atoms with E-state index in [0.717, 1.165) is 15.7 Å². The van der Waals surface area contributed by atoms with Crippen LogP contribution in [0.1, 0.15) is 5.56 Å². The highest BCUT2D eigenvalue weighted by atomic mass is 79.9. The van der Waals surface area contributed by atoms with Crippen LogP contribution in [0.25, 0.3) is 11.3 Å². The maximum atomic E-state index is 5.62. The van der Waals surface area contributed by atoms with Crippen LogP contribution in [-0.2, 0) is 0 Å². The summed E-state index contributed by atoms with van der Waals surface area (Å²) in [5, 5.41) is 6.81. The molecule has 0 bridgehead atoms. The van der Waals surface area contributed by atoms with E-state index in [0.29, 0.717) is 5.82 Å². The van der Waals surface area contributed by atoms with Crippen LogP contribution >= 0.6 is 15.9 Å². The number of nitrogens with one attached hydrogen (secondary N) is 1. The third kappa shape index (κ3) is 1.53. The Morgan fingerprint density at radius 3 is 2.43 bits per heavy atom. The van der Waals surface area contributed by atoms with Crippen LogP contribution in [-0.4, -0.2) is 10.2 Å². The molecule has 72 valence electrons. The van der Waals surface area contributed by atoms with Gasteiger partial charge in [-0.15, -0.1) is 0 Å². The first-order valence-electron chi connectivity index (χ1n) is 4.25. The van der Waals surface area contributed by atoms with Crippen molar-refractivity contribution in [2.45, 2.75) is 6.92 Å². The molecule has 1 heterocycles. The van der Waals surface area contributed by atoms with Crippen molar-refractivity contribution in [3.63, 3.8) is 0 Å². The molecule has 2 rings (SSSR count). The Morgan fingerprint density at radius 1 is 1.29 bits per heavy atom. The van der Waals surface area contributed by atoms with Crippen molar-refractivity contribution >= 4 is 21.7 Å². The second kappa shape index (κ2) is 3.46. The van der Waals surface area contributed by atoms with Gasteiger partial charge in [0.2, 0.25) is 0 Å². The van der Waals surface area contributed by atoms with Gasteiger partial charge in [-0.05, 0) is 22.9 Å². The minimum atomic E-state index is 0.487. The van der Waals surface area contributed by atoms with Gasteiger partial charge in [0.1, 0.15) is 0 Å². The fraction of sp³-hybridized carbons (Fsp3) is 0.100. The van der Waals surface area contributed by atoms with E-state index in [1.54, 1.807) is 0 Å². The van der Waals surface area contributed by atoms with Crippen LogP contribution in [0.3, 0.4) is 0 Å². The van der Waals surface area contributed by atoms with Crippen LogP contribution < -0.4 is 5.73 Å². The van der Waals surface area contributed by atoms with Crippen molar-refractivity contribution < 1.29 is 0 Å². The summed E-state index contributed by atoms with van der Waals surface area (Å²) in [5.41, 5.74) is 8.85. The van der Waals surface area contributed by atoms with Crippen LogP contribution in [0.4, 0.5) is 5.82 Å². The molecule has 0 saturated heterocycles. The molecule has 1 aromatic carbocycles. The summed E-state index contributed by atoms with van der Waals surface area (Å²) in [7, 11) is 0. The molecule has 3 nitrogen and oxygen atoms in total. The first-order chi connectivity index (χ1) is 6.68. The SMILES string of the molecule is Cc1ccc(-c2[nH]nc(N)c2Br)cc1. The van der Waals surface area contributed by atoms with Gasteiger partial charge in [-0.2, -0.15) is 5.10 Å². The van der Waals surface area contributed by atoms with E-state index in [-0.39, 0.29) is 0 Å². The Morgan fingerprint density at radius 2 is 1.93 bits per heavy atom. The minimum absolute atomic E-state index is 0.487. The molecular formula is C10H10BrN3. The van der Waals surface area contributed by atoms with E-state index in [1.807, 2.05) is 12.1 Å². The van der Waals surface area contributed by atoms with Crippen molar-refractivity contribution in [3.8, 4) is 11.3 Å². The lowest BCUT2D eigenvalue weighted by atomic mass is 10.1. The molecule has 0 aliphatic carbocycles. The van der Waals surface area contributed by atoms with Crippen molar-refractivity contribution in [2.24, 2.45) is 0 Å². The molecule has 1 aromatic heterocycles. The number of aromatic amines is 1. The molecule has 0 radical (unpaired) electrons. The van der Waals surface area contributed by atoms with Crippen molar-refractivity contribution in [2.75, 3.05) is 5.73 Å². The van der Waals surface area contributed by atoms with Gasteiger partial charge in [-0.1, -0.05) is 29.8 Å². The maximum Gasteiger partial charge on any atom is 0.160 e. The number of aryl methyl sites for hydroxylation is 1. The van der Waals surface area contributed by atoms with E-state index in [9.17, 15) is 0 Å². The van der Waals surface area contributed by atoms with Gasteiger partial charge in [0.25, 0.3) is 0 Å². The fourth-order valence-corrected chi connectivity index (χ4v) is 1.66. The zero-order chi connectivity index (χ0) is 10.1. The van der Waals surface area contributed by atoms with Gasteiger partial charge in [0, 0.05) is 5.56 Å². The standard InChI is InChI=1S/C10H10BrN3/c1-6-2-4-7(5-3-6)9-8(11)10(12)14-13-9/h2-5H,1H3,(H3,12,13,14). The average Bonchev–Trinajstić information content (AvgIpc) is 2.50. The fourth-order valence-electron chi connectivity index (χ4n) is 1.25. The third-order valence-corrected chi connectivity index (χ3v) is 2.88. The lowest BCUT2D eigenvalue weighted by Crippen LogP contribution is -1.83. The summed E-state index contributed by atoms with van der Waals surface area (Å²) in [4.78, 5) is 0. The number of hydrogen-bond acceptors (Lipinski definition) is 2. The van der Waals surface area contributed by atoms with Crippen molar-refractivity contribution in [3.05, 3.63) is 34.3 Å². The van der Waals surface area contributed by atoms with Gasteiger partial charge in [-0.3, -0.25) is 5.10 Å². The summed E-state index contributed by atoms with van der Waals surface area (Å²) in [6.07, 6.45) is 0. The normalized spacial score (nSPS) is 10.4. The molecule has 3 N–H and O–H groups in total. The monoisotopic (exact) mass is 251 g/mol. The van der Waals surface area contributed by atoms with Gasteiger partial charge < -0.3 is 5.73 Å². The van der Waals surface area contributed by atoms with E-state index in [1.165, 1.54) is 5.56 Å². The second-order valence-electron chi connectivity index (χ2n) is 3.16. The first kappa shape index (κ1) is 9.27.